The predicted molar refractivity (Wildman–Crippen MR) is 206 cm³/mol. The van der Waals surface area contributed by atoms with Gasteiger partial charge in [0.1, 0.15) is 22.8 Å². The molecule has 2 aliphatic heterocycles. The van der Waals surface area contributed by atoms with Gasteiger partial charge >= 0.3 is 0 Å². The molecule has 284 valence electrons. The van der Waals surface area contributed by atoms with Gasteiger partial charge < -0.3 is 59.1 Å². The molecule has 4 aromatic rings. The van der Waals surface area contributed by atoms with Crippen molar-refractivity contribution in [2.75, 3.05) is 81.5 Å². The van der Waals surface area contributed by atoms with E-state index in [-0.39, 0.29) is 23.6 Å². The van der Waals surface area contributed by atoms with Crippen LogP contribution in [0.3, 0.4) is 0 Å². The minimum absolute atomic E-state index is 0.184. The monoisotopic (exact) mass is 728 g/mol. The maximum Gasteiger partial charge on any atom is 0.272 e. The smallest absolute Gasteiger partial charge is 0.272 e. The summed E-state index contributed by atoms with van der Waals surface area (Å²) in [5.74, 6) is -0.899. The van der Waals surface area contributed by atoms with Gasteiger partial charge in [-0.05, 0) is 78.4 Å². The SMILES string of the molecule is CN(C)CCCNC(=O)c1cc(NC(=O)c2cc3c(n2C)CN2CN3Cc3c2cc(C(=O)Nc2cc(C(=O)NCCCN(C)C)n(C)c2)n3C)cn1C. The van der Waals surface area contributed by atoms with Crippen LogP contribution in [0.2, 0.25) is 0 Å². The molecule has 4 amide bonds. The van der Waals surface area contributed by atoms with E-state index in [1.807, 2.05) is 63.6 Å². The summed E-state index contributed by atoms with van der Waals surface area (Å²) in [4.78, 5) is 61.3. The van der Waals surface area contributed by atoms with E-state index in [1.54, 1.807) is 47.8 Å². The Morgan fingerprint density at radius 2 is 0.981 bits per heavy atom. The van der Waals surface area contributed by atoms with Crippen LogP contribution in [0.5, 0.6) is 0 Å². The maximum atomic E-state index is 13.6. The molecule has 2 bridgehead atoms. The number of rotatable bonds is 14. The molecule has 2 aliphatic rings. The lowest BCUT2D eigenvalue weighted by Gasteiger charge is -2.42. The van der Waals surface area contributed by atoms with E-state index in [0.29, 0.717) is 67.0 Å². The van der Waals surface area contributed by atoms with Gasteiger partial charge in [0.05, 0.1) is 53.9 Å². The molecule has 4 N–H and O–H groups in total. The Hall–Kier alpha value is -5.48. The first kappa shape index (κ1) is 37.3. The fourth-order valence-corrected chi connectivity index (χ4v) is 7.08. The predicted octanol–water partition coefficient (Wildman–Crippen LogP) is 2.21. The number of nitrogens with zero attached hydrogens (tertiary/aromatic N) is 8. The molecule has 0 saturated heterocycles. The van der Waals surface area contributed by atoms with E-state index in [0.717, 1.165) is 48.7 Å². The van der Waals surface area contributed by atoms with Gasteiger partial charge in [0.25, 0.3) is 23.6 Å². The average molecular weight is 729 g/mol. The van der Waals surface area contributed by atoms with Gasteiger partial charge in [0.2, 0.25) is 0 Å². The van der Waals surface area contributed by atoms with Gasteiger partial charge in [-0.2, -0.15) is 0 Å². The van der Waals surface area contributed by atoms with Crippen LogP contribution < -0.4 is 31.1 Å². The van der Waals surface area contributed by atoms with Crippen molar-refractivity contribution in [3.8, 4) is 0 Å². The van der Waals surface area contributed by atoms with Crippen molar-refractivity contribution in [2.24, 2.45) is 28.2 Å². The number of carbonyl (C=O) groups is 4. The van der Waals surface area contributed by atoms with Crippen molar-refractivity contribution in [3.63, 3.8) is 0 Å². The molecule has 16 heteroatoms. The van der Waals surface area contributed by atoms with Gasteiger partial charge in [0.15, 0.2) is 0 Å². The molecule has 0 atom stereocenters. The van der Waals surface area contributed by atoms with Crippen LogP contribution in [-0.2, 0) is 41.3 Å². The molecule has 16 nitrogen and oxygen atoms in total. The van der Waals surface area contributed by atoms with E-state index in [1.165, 1.54) is 0 Å². The van der Waals surface area contributed by atoms with Crippen molar-refractivity contribution in [1.29, 1.82) is 0 Å². The van der Waals surface area contributed by atoms with Crippen LogP contribution in [0.25, 0.3) is 0 Å². The molecule has 0 aromatic carbocycles. The second-order valence-corrected chi connectivity index (χ2v) is 14.6. The summed E-state index contributed by atoms with van der Waals surface area (Å²) in [5.41, 5.74) is 6.96. The molecule has 6 heterocycles. The number of anilines is 4. The van der Waals surface area contributed by atoms with E-state index >= 15 is 0 Å². The average Bonchev–Trinajstić information content (AvgIpc) is 3.84. The van der Waals surface area contributed by atoms with Gasteiger partial charge in [-0.15, -0.1) is 0 Å². The number of hydrogen-bond donors (Lipinski definition) is 4. The molecule has 0 fully saturated rings. The van der Waals surface area contributed by atoms with E-state index in [9.17, 15) is 19.2 Å². The molecular formula is C37H52N12O4. The van der Waals surface area contributed by atoms with Crippen molar-refractivity contribution in [3.05, 3.63) is 70.8 Å². The topological polar surface area (TPSA) is 149 Å². The van der Waals surface area contributed by atoms with Crippen molar-refractivity contribution >= 4 is 46.4 Å². The summed E-state index contributed by atoms with van der Waals surface area (Å²) >= 11 is 0. The number of carbonyl (C=O) groups excluding carboxylic acids is 4. The summed E-state index contributed by atoms with van der Waals surface area (Å²) in [7, 11) is 15.3. The van der Waals surface area contributed by atoms with Crippen LogP contribution in [0.1, 0.15) is 66.2 Å². The zero-order valence-electron chi connectivity index (χ0n) is 32.0. The molecule has 4 aromatic heterocycles. The van der Waals surface area contributed by atoms with Crippen LogP contribution in [-0.4, -0.2) is 113 Å². The molecule has 0 spiro atoms. The minimum atomic E-state index is -0.265. The van der Waals surface area contributed by atoms with Gasteiger partial charge in [-0.1, -0.05) is 0 Å². The van der Waals surface area contributed by atoms with Crippen LogP contribution in [0.4, 0.5) is 22.7 Å². The second-order valence-electron chi connectivity index (χ2n) is 14.6. The first-order valence-electron chi connectivity index (χ1n) is 17.9. The Morgan fingerprint density at radius 3 is 1.36 bits per heavy atom. The Kier molecular flexibility index (Phi) is 10.7. The molecule has 0 saturated carbocycles. The third-order valence-electron chi connectivity index (χ3n) is 9.97. The summed E-state index contributed by atoms with van der Waals surface area (Å²) in [6, 6.07) is 7.21. The summed E-state index contributed by atoms with van der Waals surface area (Å²) in [6.45, 7) is 4.63. The lowest BCUT2D eigenvalue weighted by atomic mass is 10.1. The summed E-state index contributed by atoms with van der Waals surface area (Å²) in [5, 5.41) is 11.9. The molecule has 6 rings (SSSR count). The Labute approximate surface area is 310 Å². The molecule has 53 heavy (non-hydrogen) atoms. The van der Waals surface area contributed by atoms with Crippen LogP contribution >= 0.6 is 0 Å². The van der Waals surface area contributed by atoms with Crippen molar-refractivity contribution < 1.29 is 19.2 Å². The lowest BCUT2D eigenvalue weighted by molar-refractivity contribution is 0.0936. The Bertz CT molecular complexity index is 1890. The zero-order chi connectivity index (χ0) is 38.1. The van der Waals surface area contributed by atoms with E-state index in [4.69, 9.17) is 0 Å². The molecule has 0 radical (unpaired) electrons. The highest BCUT2D eigenvalue weighted by molar-refractivity contribution is 6.06. The number of aryl methyl sites for hydroxylation is 2. The lowest BCUT2D eigenvalue weighted by Crippen LogP contribution is -2.46. The largest absolute Gasteiger partial charge is 0.351 e. The number of nitrogens with one attached hydrogen (secondary N) is 4. The second kappa shape index (κ2) is 15.2. The highest BCUT2D eigenvalue weighted by Gasteiger charge is 2.36. The highest BCUT2D eigenvalue weighted by atomic mass is 16.2. The highest BCUT2D eigenvalue weighted by Crippen LogP contribution is 2.40. The summed E-state index contributed by atoms with van der Waals surface area (Å²) < 4.78 is 7.26. The third kappa shape index (κ3) is 7.83. The standard InChI is InChI=1S/C37H52N12O4/c1-42(2)13-9-11-38-34(50)28-15-24(19-44(28)5)40-36(52)30-17-26-32(46(30)7)21-49-23-48(26)22-33-27(49)18-31(47(33)8)37(53)41-25-16-29(45(6)20-25)35(51)39-12-10-14-43(3)4/h15-20H,9-14,21-23H2,1-8H3,(H,38,50)(H,39,51)(H,40,52)(H,41,53). The quantitative estimate of drug-likeness (QED) is 0.145. The normalized spacial score (nSPS) is 13.3. The fraction of sp³-hybridized carbons (Fsp3) is 0.459. The van der Waals surface area contributed by atoms with Crippen LogP contribution in [0.15, 0.2) is 36.7 Å². The third-order valence-corrected chi connectivity index (χ3v) is 9.97. The Balaban J connectivity index is 1.11. The summed E-state index contributed by atoms with van der Waals surface area (Å²) in [6.07, 6.45) is 5.17. The molecule has 0 unspecified atom stereocenters. The molecule has 0 aliphatic carbocycles. The first-order valence-corrected chi connectivity index (χ1v) is 17.9. The van der Waals surface area contributed by atoms with Crippen molar-refractivity contribution in [2.45, 2.75) is 25.9 Å². The van der Waals surface area contributed by atoms with Crippen molar-refractivity contribution in [1.82, 2.24) is 38.7 Å². The Morgan fingerprint density at radius 1 is 0.585 bits per heavy atom. The van der Waals surface area contributed by atoms with E-state index < -0.39 is 0 Å². The van der Waals surface area contributed by atoms with Crippen LogP contribution in [0, 0.1) is 0 Å². The van der Waals surface area contributed by atoms with E-state index in [2.05, 4.69) is 40.9 Å². The number of fused-ring (bicyclic) bond motifs is 6. The van der Waals surface area contributed by atoms with Gasteiger partial charge in [-0.3, -0.25) is 19.2 Å². The number of aromatic nitrogens is 4. The molecular weight excluding hydrogens is 676 g/mol. The fourth-order valence-electron chi connectivity index (χ4n) is 7.08. The maximum absolute atomic E-state index is 13.6. The number of hydrogen-bond acceptors (Lipinski definition) is 8. The first-order chi connectivity index (χ1) is 25.2. The number of amides is 4. The zero-order valence-corrected chi connectivity index (χ0v) is 32.0. The minimum Gasteiger partial charge on any atom is -0.351 e. The van der Waals surface area contributed by atoms with Gasteiger partial charge in [0, 0.05) is 53.7 Å². The van der Waals surface area contributed by atoms with Gasteiger partial charge in [-0.25, -0.2) is 0 Å².